The van der Waals surface area contributed by atoms with Gasteiger partial charge in [0.05, 0.1) is 20.7 Å². The summed E-state index contributed by atoms with van der Waals surface area (Å²) in [6, 6.07) is 5.49. The fraction of sp³-hybridized carbons (Fsp3) is 0.316. The number of H-pyrrole nitrogens is 1. The highest BCUT2D eigenvalue weighted by Crippen LogP contribution is 2.44. The van der Waals surface area contributed by atoms with Crippen LogP contribution in [0.3, 0.4) is 0 Å². The zero-order valence-corrected chi connectivity index (χ0v) is 16.2. The molecule has 0 bridgehead atoms. The molecule has 2 heterocycles. The standard InChI is InChI=1S/C19H18IN3O3/c20-19(8-2-1-3-9-19)18-21-11-15-17(26)22-13-6-4-12(5-7-16(24)25)10-14(13)23(15)18/h4-7,10-11H,1-3,8-9H2,(H,22,26)(H,24,25). The zero-order valence-electron chi connectivity index (χ0n) is 14.0. The molecule has 3 aromatic rings. The lowest BCUT2D eigenvalue weighted by Crippen LogP contribution is -2.25. The van der Waals surface area contributed by atoms with E-state index < -0.39 is 5.97 Å². The molecular weight excluding hydrogens is 445 g/mol. The Bertz CT molecular complexity index is 1090. The fourth-order valence-corrected chi connectivity index (χ4v) is 4.85. The number of nitrogens with one attached hydrogen (secondary N) is 1. The number of carboxylic acids is 1. The molecule has 1 aromatic carbocycles. The van der Waals surface area contributed by atoms with Gasteiger partial charge in [-0.25, -0.2) is 9.78 Å². The first-order valence-electron chi connectivity index (χ1n) is 8.62. The maximum absolute atomic E-state index is 12.5. The summed E-state index contributed by atoms with van der Waals surface area (Å²) in [5.41, 5.74) is 2.67. The van der Waals surface area contributed by atoms with E-state index in [1.807, 2.05) is 16.5 Å². The monoisotopic (exact) mass is 463 g/mol. The van der Waals surface area contributed by atoms with Crippen molar-refractivity contribution in [2.24, 2.45) is 0 Å². The Morgan fingerprint density at radius 2 is 2.04 bits per heavy atom. The van der Waals surface area contributed by atoms with E-state index in [2.05, 4.69) is 32.6 Å². The maximum atomic E-state index is 12.5. The highest BCUT2D eigenvalue weighted by molar-refractivity contribution is 14.1. The lowest BCUT2D eigenvalue weighted by atomic mass is 9.88. The molecule has 26 heavy (non-hydrogen) atoms. The van der Waals surface area contributed by atoms with Crippen LogP contribution in [0.25, 0.3) is 22.6 Å². The molecule has 1 aliphatic rings. The van der Waals surface area contributed by atoms with Crippen molar-refractivity contribution >= 4 is 51.2 Å². The van der Waals surface area contributed by atoms with Gasteiger partial charge in [0.2, 0.25) is 0 Å². The second kappa shape index (κ2) is 6.53. The Labute approximate surface area is 163 Å². The molecule has 0 aliphatic heterocycles. The van der Waals surface area contributed by atoms with Crippen molar-refractivity contribution in [3.8, 4) is 0 Å². The minimum Gasteiger partial charge on any atom is -0.478 e. The highest BCUT2D eigenvalue weighted by Gasteiger charge is 2.35. The van der Waals surface area contributed by atoms with Crippen LogP contribution >= 0.6 is 22.6 Å². The van der Waals surface area contributed by atoms with Gasteiger partial charge in [0.1, 0.15) is 11.3 Å². The van der Waals surface area contributed by atoms with Crippen molar-refractivity contribution in [2.75, 3.05) is 0 Å². The Morgan fingerprint density at radius 1 is 1.27 bits per heavy atom. The van der Waals surface area contributed by atoms with Gasteiger partial charge < -0.3 is 10.1 Å². The molecule has 1 fully saturated rings. The van der Waals surface area contributed by atoms with Gasteiger partial charge in [0.25, 0.3) is 5.56 Å². The van der Waals surface area contributed by atoms with E-state index in [0.717, 1.165) is 48.7 Å². The van der Waals surface area contributed by atoms with Gasteiger partial charge in [0.15, 0.2) is 0 Å². The van der Waals surface area contributed by atoms with Crippen molar-refractivity contribution in [3.63, 3.8) is 0 Å². The third-order valence-electron chi connectivity index (χ3n) is 4.97. The molecule has 1 saturated carbocycles. The highest BCUT2D eigenvalue weighted by atomic mass is 127. The van der Waals surface area contributed by atoms with E-state index in [1.54, 1.807) is 18.3 Å². The number of rotatable bonds is 3. The Balaban J connectivity index is 1.99. The minimum atomic E-state index is -0.992. The number of aromatic amines is 1. The summed E-state index contributed by atoms with van der Waals surface area (Å²) in [7, 11) is 0. The van der Waals surface area contributed by atoms with Gasteiger partial charge in [0, 0.05) is 6.08 Å². The van der Waals surface area contributed by atoms with E-state index in [1.165, 1.54) is 6.42 Å². The fourth-order valence-electron chi connectivity index (χ4n) is 3.70. The third-order valence-corrected chi connectivity index (χ3v) is 6.53. The first kappa shape index (κ1) is 17.3. The van der Waals surface area contributed by atoms with Gasteiger partial charge in [-0.3, -0.25) is 9.20 Å². The van der Waals surface area contributed by atoms with Gasteiger partial charge in [-0.2, -0.15) is 0 Å². The molecule has 7 heteroatoms. The number of aliphatic carboxylic acids is 1. The van der Waals surface area contributed by atoms with E-state index in [4.69, 9.17) is 5.11 Å². The average Bonchev–Trinajstić information content (AvgIpc) is 3.08. The average molecular weight is 463 g/mol. The van der Waals surface area contributed by atoms with Crippen molar-refractivity contribution in [3.05, 3.63) is 52.2 Å². The first-order valence-corrected chi connectivity index (χ1v) is 9.70. The molecular formula is C19H18IN3O3. The largest absolute Gasteiger partial charge is 0.478 e. The van der Waals surface area contributed by atoms with Gasteiger partial charge in [-0.15, -0.1) is 0 Å². The number of carbonyl (C=O) groups is 1. The van der Waals surface area contributed by atoms with Crippen molar-refractivity contribution in [1.29, 1.82) is 0 Å². The number of imidazole rings is 1. The number of benzene rings is 1. The third kappa shape index (κ3) is 2.94. The number of hydrogen-bond acceptors (Lipinski definition) is 3. The Hall–Kier alpha value is -2.16. The molecule has 2 aromatic heterocycles. The molecule has 0 unspecified atom stereocenters. The van der Waals surface area contributed by atoms with Crippen molar-refractivity contribution < 1.29 is 9.90 Å². The minimum absolute atomic E-state index is 0.0872. The molecule has 1 aliphatic carbocycles. The smallest absolute Gasteiger partial charge is 0.328 e. The van der Waals surface area contributed by atoms with Crippen LogP contribution in [0.15, 0.2) is 35.3 Å². The number of hydrogen-bond donors (Lipinski definition) is 2. The predicted octanol–water partition coefficient (Wildman–Crippen LogP) is 3.87. The Morgan fingerprint density at radius 3 is 2.77 bits per heavy atom. The lowest BCUT2D eigenvalue weighted by Gasteiger charge is -2.30. The van der Waals surface area contributed by atoms with Crippen LogP contribution in [0.1, 0.15) is 43.5 Å². The number of aromatic nitrogens is 3. The summed E-state index contributed by atoms with van der Waals surface area (Å²) in [5.74, 6) is -0.0864. The molecule has 0 atom stereocenters. The first-order chi connectivity index (χ1) is 12.5. The molecule has 4 rings (SSSR count). The van der Waals surface area contributed by atoms with Crippen LogP contribution in [0.4, 0.5) is 0 Å². The maximum Gasteiger partial charge on any atom is 0.328 e. The normalized spacial score (nSPS) is 17.3. The second-order valence-corrected chi connectivity index (χ2v) is 8.80. The second-order valence-electron chi connectivity index (χ2n) is 6.73. The predicted molar refractivity (Wildman–Crippen MR) is 109 cm³/mol. The summed E-state index contributed by atoms with van der Waals surface area (Å²) in [6.45, 7) is 0. The number of fused-ring (bicyclic) bond motifs is 3. The number of halogens is 1. The number of carboxylic acid groups (broad SMARTS) is 1. The Kier molecular flexibility index (Phi) is 4.34. The van der Waals surface area contributed by atoms with Crippen LogP contribution in [-0.2, 0) is 8.22 Å². The zero-order chi connectivity index (χ0) is 18.3. The summed E-state index contributed by atoms with van der Waals surface area (Å²) in [6.07, 6.45) is 9.94. The summed E-state index contributed by atoms with van der Waals surface area (Å²) in [4.78, 5) is 30.8. The van der Waals surface area contributed by atoms with E-state index >= 15 is 0 Å². The van der Waals surface area contributed by atoms with Crippen LogP contribution in [0.5, 0.6) is 0 Å². The quantitative estimate of drug-likeness (QED) is 0.351. The van der Waals surface area contributed by atoms with Crippen LogP contribution in [0, 0.1) is 0 Å². The van der Waals surface area contributed by atoms with Crippen molar-refractivity contribution in [2.45, 2.75) is 35.5 Å². The number of alkyl halides is 1. The summed E-state index contributed by atoms with van der Waals surface area (Å²) in [5, 5.41) is 8.86. The molecule has 0 saturated heterocycles. The van der Waals surface area contributed by atoms with Gasteiger partial charge in [-0.05, 0) is 36.6 Å². The van der Waals surface area contributed by atoms with E-state index in [9.17, 15) is 9.59 Å². The SMILES string of the molecule is O=C(O)C=Cc1ccc2[nH]c(=O)c3cnc(C4(I)CCCCC4)n3c2c1. The number of nitrogens with zero attached hydrogens (tertiary/aromatic N) is 2. The van der Waals surface area contributed by atoms with Crippen LogP contribution in [-0.4, -0.2) is 25.4 Å². The molecule has 0 amide bonds. The molecule has 0 radical (unpaired) electrons. The summed E-state index contributed by atoms with van der Waals surface area (Å²) < 4.78 is 1.86. The molecule has 2 N–H and O–H groups in total. The molecule has 6 nitrogen and oxygen atoms in total. The molecule has 134 valence electrons. The van der Waals surface area contributed by atoms with Crippen LogP contribution in [0.2, 0.25) is 0 Å². The van der Waals surface area contributed by atoms with E-state index in [0.29, 0.717) is 11.0 Å². The van der Waals surface area contributed by atoms with Gasteiger partial charge >= 0.3 is 5.97 Å². The topological polar surface area (TPSA) is 87.5 Å². The van der Waals surface area contributed by atoms with Gasteiger partial charge in [-0.1, -0.05) is 47.9 Å². The summed E-state index contributed by atoms with van der Waals surface area (Å²) >= 11 is 2.49. The van der Waals surface area contributed by atoms with Crippen molar-refractivity contribution in [1.82, 2.24) is 14.4 Å². The van der Waals surface area contributed by atoms with Crippen LogP contribution < -0.4 is 5.56 Å². The molecule has 0 spiro atoms. The van der Waals surface area contributed by atoms with E-state index in [-0.39, 0.29) is 8.98 Å². The lowest BCUT2D eigenvalue weighted by molar-refractivity contribution is -0.131.